The number of methoxy groups -OCH3 is 2. The number of hydrogen-bond donors (Lipinski definition) is 1. The number of nitrogens with zero attached hydrogens (tertiary/aromatic N) is 1. The van der Waals surface area contributed by atoms with E-state index in [2.05, 4.69) is 30.4 Å². The number of carbonyl (C=O) groups excluding carboxylic acids is 1. The Labute approximate surface area is 199 Å². The molecule has 0 atom stereocenters. The molecule has 0 spiro atoms. The van der Waals surface area contributed by atoms with Crippen LogP contribution in [0.3, 0.4) is 0 Å². The fourth-order valence-electron chi connectivity index (χ4n) is 3.93. The van der Waals surface area contributed by atoms with Crippen LogP contribution >= 0.6 is 0 Å². The lowest BCUT2D eigenvalue weighted by molar-refractivity contribution is -0.134. The number of ether oxygens (including phenoxy) is 3. The van der Waals surface area contributed by atoms with Crippen LogP contribution in [0.25, 0.3) is 22.1 Å². The fraction of sp³-hybridized carbons (Fsp3) is 0.333. The highest BCUT2D eigenvalue weighted by Crippen LogP contribution is 2.38. The zero-order valence-electron chi connectivity index (χ0n) is 20.2. The zero-order valence-corrected chi connectivity index (χ0v) is 20.2. The molecule has 0 bridgehead atoms. The molecule has 0 radical (unpaired) electrons. The normalized spacial score (nSPS) is 15.4. The van der Waals surface area contributed by atoms with Crippen LogP contribution in [0, 0.1) is 0 Å². The van der Waals surface area contributed by atoms with Crippen molar-refractivity contribution >= 4 is 16.9 Å². The van der Waals surface area contributed by atoms with Crippen LogP contribution in [0.5, 0.6) is 11.5 Å². The van der Waals surface area contributed by atoms with Crippen LogP contribution in [-0.2, 0) is 16.0 Å². The Hall–Kier alpha value is -3.74. The van der Waals surface area contributed by atoms with Crippen molar-refractivity contribution in [3.8, 4) is 22.6 Å². The van der Waals surface area contributed by atoms with Crippen molar-refractivity contribution in [2.75, 3.05) is 14.2 Å². The molecule has 1 aliphatic heterocycles. The van der Waals surface area contributed by atoms with Crippen LogP contribution in [-0.4, -0.2) is 25.8 Å². The molecule has 0 amide bonds. The summed E-state index contributed by atoms with van der Waals surface area (Å²) in [7, 11) is 2.99. The van der Waals surface area contributed by atoms with Crippen molar-refractivity contribution in [1.82, 2.24) is 5.43 Å². The Kier molecular flexibility index (Phi) is 6.63. The van der Waals surface area contributed by atoms with E-state index < -0.39 is 5.97 Å². The maximum atomic E-state index is 11.6. The molecule has 2 aromatic carbocycles. The molecule has 4 rings (SSSR count). The standard InChI is InChI=1S/C27H30N2O5/c1-6-19(14-26(30)32-5)28-29-25-15-21(17-7-9-20(31-4)10-8-17)22-13-18-11-12-27(2,3)34-23(18)16-24(22)33-25/h7-10,13-16,28H,6,11-12H2,1-5H3. The summed E-state index contributed by atoms with van der Waals surface area (Å²) in [6, 6.07) is 13.9. The van der Waals surface area contributed by atoms with E-state index in [1.165, 1.54) is 13.2 Å². The molecular weight excluding hydrogens is 432 g/mol. The first kappa shape index (κ1) is 23.4. The van der Waals surface area contributed by atoms with Crippen molar-refractivity contribution < 1.29 is 23.4 Å². The second-order valence-corrected chi connectivity index (χ2v) is 8.81. The highest BCUT2D eigenvalue weighted by Gasteiger charge is 2.27. The van der Waals surface area contributed by atoms with Crippen LogP contribution in [0.15, 0.2) is 63.8 Å². The molecule has 7 nitrogen and oxygen atoms in total. The Morgan fingerprint density at radius 2 is 1.94 bits per heavy atom. The molecule has 2 heterocycles. The molecule has 34 heavy (non-hydrogen) atoms. The van der Waals surface area contributed by atoms with Gasteiger partial charge < -0.3 is 18.6 Å². The number of carbonyl (C=O) groups is 1. The number of hydrogen-bond acceptors (Lipinski definition) is 7. The van der Waals surface area contributed by atoms with Gasteiger partial charge in [-0.1, -0.05) is 19.1 Å². The minimum absolute atomic E-state index is 0.224. The number of benzene rings is 2. The van der Waals surface area contributed by atoms with Crippen LogP contribution in [0.1, 0.15) is 39.2 Å². The maximum Gasteiger partial charge on any atom is 0.332 e. The molecule has 0 saturated heterocycles. The van der Waals surface area contributed by atoms with Crippen molar-refractivity contribution in [1.29, 1.82) is 0 Å². The van der Waals surface area contributed by atoms with Crippen molar-refractivity contribution in [2.45, 2.75) is 45.6 Å². The minimum atomic E-state index is -0.444. The lowest BCUT2D eigenvalue weighted by atomic mass is 9.92. The fourth-order valence-corrected chi connectivity index (χ4v) is 3.93. The summed E-state index contributed by atoms with van der Waals surface area (Å²) in [5.74, 6) is 1.17. The summed E-state index contributed by atoms with van der Waals surface area (Å²) in [4.78, 5) is 11.6. The average Bonchev–Trinajstić information content (AvgIpc) is 2.84. The van der Waals surface area contributed by atoms with Gasteiger partial charge >= 0.3 is 5.97 Å². The van der Waals surface area contributed by atoms with Crippen LogP contribution < -0.4 is 20.5 Å². The number of nitrogens with one attached hydrogen (secondary N) is 1. The van der Waals surface area contributed by atoms with E-state index in [1.54, 1.807) is 7.11 Å². The summed E-state index contributed by atoms with van der Waals surface area (Å²) in [5.41, 5.74) is 7.51. The molecule has 0 saturated carbocycles. The van der Waals surface area contributed by atoms with E-state index in [4.69, 9.17) is 18.6 Å². The van der Waals surface area contributed by atoms with Gasteiger partial charge in [0.25, 0.3) is 0 Å². The third-order valence-corrected chi connectivity index (χ3v) is 5.90. The van der Waals surface area contributed by atoms with E-state index >= 15 is 0 Å². The van der Waals surface area contributed by atoms with Gasteiger partial charge in [0, 0.05) is 29.3 Å². The number of allylic oxidation sites excluding steroid dienone is 1. The van der Waals surface area contributed by atoms with Crippen molar-refractivity contribution in [3.63, 3.8) is 0 Å². The van der Waals surface area contributed by atoms with E-state index in [-0.39, 0.29) is 5.60 Å². The van der Waals surface area contributed by atoms with Crippen molar-refractivity contribution in [2.24, 2.45) is 5.10 Å². The molecule has 0 unspecified atom stereocenters. The van der Waals surface area contributed by atoms with Gasteiger partial charge in [-0.2, -0.15) is 0 Å². The molecule has 178 valence electrons. The topological polar surface area (TPSA) is 82.3 Å². The van der Waals surface area contributed by atoms with Gasteiger partial charge in [0.05, 0.1) is 14.2 Å². The first-order chi connectivity index (χ1) is 16.3. The average molecular weight is 463 g/mol. The third kappa shape index (κ3) is 5.09. The Morgan fingerprint density at radius 3 is 2.62 bits per heavy atom. The lowest BCUT2D eigenvalue weighted by Crippen LogP contribution is -2.32. The number of fused-ring (bicyclic) bond motifs is 2. The summed E-state index contributed by atoms with van der Waals surface area (Å²) in [5, 5.41) is 5.40. The molecule has 1 aliphatic rings. The first-order valence-corrected chi connectivity index (χ1v) is 11.3. The van der Waals surface area contributed by atoms with Crippen LogP contribution in [0.2, 0.25) is 0 Å². The van der Waals surface area contributed by atoms with Crippen LogP contribution in [0.4, 0.5) is 0 Å². The van der Waals surface area contributed by atoms with Gasteiger partial charge in [0.1, 0.15) is 22.7 Å². The summed E-state index contributed by atoms with van der Waals surface area (Å²) in [6.07, 6.45) is 3.84. The zero-order chi connectivity index (χ0) is 24.3. The van der Waals surface area contributed by atoms with Gasteiger partial charge in [-0.05, 0) is 68.0 Å². The number of rotatable bonds is 6. The lowest BCUT2D eigenvalue weighted by Gasteiger charge is -2.32. The monoisotopic (exact) mass is 462 g/mol. The largest absolute Gasteiger partial charge is 0.497 e. The molecule has 1 N–H and O–H groups in total. The minimum Gasteiger partial charge on any atom is -0.497 e. The van der Waals surface area contributed by atoms with Gasteiger partial charge in [-0.15, -0.1) is 5.10 Å². The third-order valence-electron chi connectivity index (χ3n) is 5.90. The van der Waals surface area contributed by atoms with E-state index in [0.717, 1.165) is 46.4 Å². The Bertz CT molecular complexity index is 1300. The molecular formula is C27H30N2O5. The molecule has 3 aromatic rings. The predicted octanol–water partition coefficient (Wildman–Crippen LogP) is 5.08. The van der Waals surface area contributed by atoms with Gasteiger partial charge in [0.2, 0.25) is 5.55 Å². The first-order valence-electron chi connectivity index (χ1n) is 11.3. The number of aryl methyl sites for hydroxylation is 1. The number of esters is 1. The van der Waals surface area contributed by atoms with E-state index in [1.807, 2.05) is 43.3 Å². The maximum absolute atomic E-state index is 11.6. The SMILES string of the molecule is CCC(=CC(=O)OC)NN=c1cc(-c2ccc(OC)cc2)c2cc3c(cc2o1)OC(C)(C)CC3. The molecule has 1 aromatic heterocycles. The Balaban J connectivity index is 1.86. The highest BCUT2D eigenvalue weighted by atomic mass is 16.5. The molecule has 0 fully saturated rings. The highest BCUT2D eigenvalue weighted by molar-refractivity contribution is 5.94. The van der Waals surface area contributed by atoms with Gasteiger partial charge in [-0.25, -0.2) is 4.79 Å². The summed E-state index contributed by atoms with van der Waals surface area (Å²) >= 11 is 0. The smallest absolute Gasteiger partial charge is 0.332 e. The van der Waals surface area contributed by atoms with Gasteiger partial charge in [0.15, 0.2) is 0 Å². The summed E-state index contributed by atoms with van der Waals surface area (Å²) in [6.45, 7) is 6.11. The Morgan fingerprint density at radius 1 is 1.18 bits per heavy atom. The molecule has 0 aliphatic carbocycles. The van der Waals surface area contributed by atoms with E-state index in [0.29, 0.717) is 23.3 Å². The van der Waals surface area contributed by atoms with E-state index in [9.17, 15) is 4.79 Å². The molecule has 7 heteroatoms. The predicted molar refractivity (Wildman–Crippen MR) is 130 cm³/mol. The van der Waals surface area contributed by atoms with Crippen molar-refractivity contribution in [3.05, 3.63) is 65.4 Å². The van der Waals surface area contributed by atoms with Gasteiger partial charge in [-0.3, -0.25) is 5.43 Å². The quantitative estimate of drug-likeness (QED) is 0.312. The second-order valence-electron chi connectivity index (χ2n) is 8.81. The second kappa shape index (κ2) is 9.63. The summed E-state index contributed by atoms with van der Waals surface area (Å²) < 4.78 is 22.4.